The average molecular weight is 390 g/mol. The predicted octanol–water partition coefficient (Wildman–Crippen LogP) is 1.38. The number of carbonyl (C=O) groups is 2. The summed E-state index contributed by atoms with van der Waals surface area (Å²) < 4.78 is 5.14. The minimum absolute atomic E-state index is 0.00162. The highest BCUT2D eigenvalue weighted by atomic mass is 16.5. The van der Waals surface area contributed by atoms with E-state index in [9.17, 15) is 9.59 Å². The summed E-state index contributed by atoms with van der Waals surface area (Å²) in [5, 5.41) is 6.47. The number of aromatic nitrogens is 2. The zero-order valence-electron chi connectivity index (χ0n) is 17.4. The fourth-order valence-electron chi connectivity index (χ4n) is 4.14. The number of nitrogens with one attached hydrogen (secondary N) is 2. The topological polar surface area (TPSA) is 96.4 Å². The first-order chi connectivity index (χ1) is 13.3. The molecule has 1 aromatic heterocycles. The molecule has 2 saturated heterocycles. The fraction of sp³-hybridized carbons (Fsp3) is 0.700. The van der Waals surface area contributed by atoms with Crippen LogP contribution in [0.4, 0.5) is 5.95 Å². The van der Waals surface area contributed by atoms with Gasteiger partial charge in [0.05, 0.1) is 23.6 Å². The van der Waals surface area contributed by atoms with Gasteiger partial charge in [0.2, 0.25) is 5.95 Å². The van der Waals surface area contributed by atoms with Crippen molar-refractivity contribution in [3.63, 3.8) is 0 Å². The van der Waals surface area contributed by atoms with E-state index in [2.05, 4.69) is 20.6 Å². The van der Waals surface area contributed by atoms with Crippen molar-refractivity contribution in [1.29, 1.82) is 0 Å². The zero-order valence-corrected chi connectivity index (χ0v) is 17.4. The van der Waals surface area contributed by atoms with Gasteiger partial charge in [-0.3, -0.25) is 4.79 Å². The number of hydrogen-bond donors (Lipinski definition) is 2. The molecule has 1 amide bonds. The molecule has 2 fully saturated rings. The molecule has 0 aromatic carbocycles. The van der Waals surface area contributed by atoms with Gasteiger partial charge in [-0.15, -0.1) is 0 Å². The molecular weight excluding hydrogens is 358 g/mol. The summed E-state index contributed by atoms with van der Waals surface area (Å²) in [6.45, 7) is 13.2. The molecule has 3 heterocycles. The Bertz CT molecular complexity index is 716. The van der Waals surface area contributed by atoms with Gasteiger partial charge < -0.3 is 20.3 Å². The average Bonchev–Trinajstić information content (AvgIpc) is 3.20. The normalized spacial score (nSPS) is 22.3. The number of amides is 1. The summed E-state index contributed by atoms with van der Waals surface area (Å²) in [6.07, 6.45) is 0. The number of carbonyl (C=O) groups excluding carboxylic acids is 2. The van der Waals surface area contributed by atoms with E-state index in [0.717, 1.165) is 26.2 Å². The lowest BCUT2D eigenvalue weighted by molar-refractivity contribution is -0.145. The second-order valence-corrected chi connectivity index (χ2v) is 8.10. The minimum Gasteiger partial charge on any atom is -0.464 e. The van der Waals surface area contributed by atoms with Crippen molar-refractivity contribution in [1.82, 2.24) is 20.2 Å². The molecule has 2 N–H and O–H groups in total. The summed E-state index contributed by atoms with van der Waals surface area (Å²) in [5.74, 6) is 1.13. The molecule has 2 unspecified atom stereocenters. The number of fused-ring (bicyclic) bond motifs is 1. The molecule has 0 bridgehead atoms. The Labute approximate surface area is 166 Å². The number of nitrogens with zero attached hydrogens (tertiary/aromatic N) is 3. The summed E-state index contributed by atoms with van der Waals surface area (Å²) in [7, 11) is 0. The summed E-state index contributed by atoms with van der Waals surface area (Å²) >= 11 is 0. The highest BCUT2D eigenvalue weighted by Gasteiger charge is 2.39. The molecular formula is C20H31N5O3. The molecule has 0 spiro atoms. The Morgan fingerprint density at radius 3 is 2.25 bits per heavy atom. The number of anilines is 1. The van der Waals surface area contributed by atoms with E-state index in [1.807, 2.05) is 32.6 Å². The van der Waals surface area contributed by atoms with E-state index in [1.54, 1.807) is 6.92 Å². The molecule has 2 aliphatic rings. The summed E-state index contributed by atoms with van der Waals surface area (Å²) in [4.78, 5) is 36.2. The third kappa shape index (κ3) is 4.11. The zero-order chi connectivity index (χ0) is 20.4. The van der Waals surface area contributed by atoms with Gasteiger partial charge >= 0.3 is 5.97 Å². The molecule has 3 rings (SSSR count). The highest BCUT2D eigenvalue weighted by molar-refractivity contribution is 5.96. The van der Waals surface area contributed by atoms with E-state index in [4.69, 9.17) is 4.74 Å². The van der Waals surface area contributed by atoms with Crippen LogP contribution in [0, 0.1) is 31.6 Å². The molecule has 28 heavy (non-hydrogen) atoms. The van der Waals surface area contributed by atoms with Crippen molar-refractivity contribution in [2.75, 3.05) is 38.1 Å². The number of likely N-dealkylation sites (tertiary alicyclic amines) is 1. The van der Waals surface area contributed by atoms with Gasteiger partial charge in [0.25, 0.3) is 5.91 Å². The SMILES string of the molecule is CCOC(=O)[C@@H](Nc1nc(C)c(C(=O)N2CC3CNCC3C2)c(C)n1)C(C)C. The largest absolute Gasteiger partial charge is 0.464 e. The van der Waals surface area contributed by atoms with Crippen LogP contribution in [0.25, 0.3) is 0 Å². The van der Waals surface area contributed by atoms with Crippen LogP contribution >= 0.6 is 0 Å². The van der Waals surface area contributed by atoms with Gasteiger partial charge in [-0.2, -0.15) is 0 Å². The van der Waals surface area contributed by atoms with Crippen LogP contribution in [0.15, 0.2) is 0 Å². The summed E-state index contributed by atoms with van der Waals surface area (Å²) in [6, 6.07) is -0.536. The van der Waals surface area contributed by atoms with Crippen molar-refractivity contribution in [2.24, 2.45) is 17.8 Å². The van der Waals surface area contributed by atoms with Gasteiger partial charge in [0.15, 0.2) is 0 Å². The number of rotatable bonds is 6. The van der Waals surface area contributed by atoms with Gasteiger partial charge in [-0.25, -0.2) is 14.8 Å². The Morgan fingerprint density at radius 2 is 1.75 bits per heavy atom. The smallest absolute Gasteiger partial charge is 0.328 e. The highest BCUT2D eigenvalue weighted by Crippen LogP contribution is 2.28. The molecule has 0 saturated carbocycles. The van der Waals surface area contributed by atoms with Crippen LogP contribution < -0.4 is 10.6 Å². The fourth-order valence-corrected chi connectivity index (χ4v) is 4.14. The summed E-state index contributed by atoms with van der Waals surface area (Å²) in [5.41, 5.74) is 1.82. The number of esters is 1. The lowest BCUT2D eigenvalue weighted by Gasteiger charge is -2.22. The van der Waals surface area contributed by atoms with Crippen LogP contribution in [0.3, 0.4) is 0 Å². The Balaban J connectivity index is 1.77. The van der Waals surface area contributed by atoms with Crippen molar-refractivity contribution >= 4 is 17.8 Å². The molecule has 0 radical (unpaired) electrons. The van der Waals surface area contributed by atoms with Crippen molar-refractivity contribution < 1.29 is 14.3 Å². The first-order valence-electron chi connectivity index (χ1n) is 10.1. The number of ether oxygens (including phenoxy) is 1. The molecule has 3 atom stereocenters. The van der Waals surface area contributed by atoms with Gasteiger partial charge in [-0.1, -0.05) is 13.8 Å². The lowest BCUT2D eigenvalue weighted by Crippen LogP contribution is -2.37. The van der Waals surface area contributed by atoms with E-state index >= 15 is 0 Å². The molecule has 1 aromatic rings. The maximum Gasteiger partial charge on any atom is 0.328 e. The first-order valence-corrected chi connectivity index (χ1v) is 10.1. The van der Waals surface area contributed by atoms with E-state index < -0.39 is 6.04 Å². The van der Waals surface area contributed by atoms with Crippen molar-refractivity contribution in [3.05, 3.63) is 17.0 Å². The molecule has 2 aliphatic heterocycles. The van der Waals surface area contributed by atoms with Crippen LogP contribution in [0.2, 0.25) is 0 Å². The molecule has 154 valence electrons. The maximum atomic E-state index is 13.1. The lowest BCUT2D eigenvalue weighted by atomic mass is 10.0. The minimum atomic E-state index is -0.536. The van der Waals surface area contributed by atoms with Gasteiger partial charge in [0, 0.05) is 26.2 Å². The first kappa shape index (κ1) is 20.5. The second-order valence-electron chi connectivity index (χ2n) is 8.10. The van der Waals surface area contributed by atoms with Crippen LogP contribution in [0.5, 0.6) is 0 Å². The van der Waals surface area contributed by atoms with E-state index in [-0.39, 0.29) is 17.8 Å². The number of hydrogen-bond acceptors (Lipinski definition) is 7. The van der Waals surface area contributed by atoms with E-state index in [1.165, 1.54) is 0 Å². The third-order valence-corrected chi connectivity index (χ3v) is 5.65. The molecule has 8 heteroatoms. The standard InChI is InChI=1S/C20H31N5O3/c1-6-28-19(27)17(11(2)3)24-20-22-12(4)16(13(5)23-20)18(26)25-9-14-7-21-8-15(14)10-25/h11,14-15,17,21H,6-10H2,1-5H3,(H,22,23,24)/t14?,15?,17-/m0/s1. The molecule has 0 aliphatic carbocycles. The Kier molecular flexibility index (Phi) is 6.17. The Morgan fingerprint density at radius 1 is 1.18 bits per heavy atom. The van der Waals surface area contributed by atoms with Crippen LogP contribution in [-0.2, 0) is 9.53 Å². The van der Waals surface area contributed by atoms with Crippen molar-refractivity contribution in [2.45, 2.75) is 40.7 Å². The quantitative estimate of drug-likeness (QED) is 0.710. The number of aryl methyl sites for hydroxylation is 2. The molecule has 8 nitrogen and oxygen atoms in total. The van der Waals surface area contributed by atoms with Gasteiger partial charge in [-0.05, 0) is 38.5 Å². The monoisotopic (exact) mass is 389 g/mol. The van der Waals surface area contributed by atoms with Gasteiger partial charge in [0.1, 0.15) is 6.04 Å². The third-order valence-electron chi connectivity index (χ3n) is 5.65. The van der Waals surface area contributed by atoms with E-state index in [0.29, 0.717) is 41.3 Å². The van der Waals surface area contributed by atoms with Crippen molar-refractivity contribution in [3.8, 4) is 0 Å². The predicted molar refractivity (Wildman–Crippen MR) is 106 cm³/mol. The Hall–Kier alpha value is -2.22. The maximum absolute atomic E-state index is 13.1. The van der Waals surface area contributed by atoms with Crippen LogP contribution in [0.1, 0.15) is 42.5 Å². The van der Waals surface area contributed by atoms with Crippen LogP contribution in [-0.4, -0.2) is 65.6 Å². The second kappa shape index (κ2) is 8.43.